The lowest BCUT2D eigenvalue weighted by molar-refractivity contribution is -0.133. The number of imide groups is 1. The standard InChI is InChI=1S/C13H13FN2O4/c1-7(8(2)12(18)19)11(17)16-13(20)15-10-5-3-9(14)4-6-10/h3-6H,1-2H3,(H,18,19)(H2,15,16,17,20). The van der Waals surface area contributed by atoms with Gasteiger partial charge in [-0.1, -0.05) is 0 Å². The molecule has 0 radical (unpaired) electrons. The van der Waals surface area contributed by atoms with E-state index in [1.54, 1.807) is 0 Å². The van der Waals surface area contributed by atoms with E-state index in [9.17, 15) is 18.8 Å². The van der Waals surface area contributed by atoms with Gasteiger partial charge < -0.3 is 10.4 Å². The number of amides is 3. The monoisotopic (exact) mass is 280 g/mol. The third-order valence-corrected chi connectivity index (χ3v) is 2.55. The molecular weight excluding hydrogens is 267 g/mol. The molecule has 3 amide bonds. The van der Waals surface area contributed by atoms with Crippen LogP contribution in [0, 0.1) is 5.82 Å². The molecule has 0 aliphatic heterocycles. The summed E-state index contributed by atoms with van der Waals surface area (Å²) in [4.78, 5) is 33.8. The van der Waals surface area contributed by atoms with Crippen molar-refractivity contribution in [2.45, 2.75) is 13.8 Å². The van der Waals surface area contributed by atoms with E-state index in [1.165, 1.54) is 26.0 Å². The third-order valence-electron chi connectivity index (χ3n) is 2.55. The number of hydrogen-bond donors (Lipinski definition) is 3. The Morgan fingerprint density at radius 1 is 1.05 bits per heavy atom. The molecule has 0 saturated carbocycles. The van der Waals surface area contributed by atoms with Gasteiger partial charge in [-0.05, 0) is 38.1 Å². The number of rotatable bonds is 3. The minimum atomic E-state index is -1.24. The summed E-state index contributed by atoms with van der Waals surface area (Å²) in [6.45, 7) is 2.55. The van der Waals surface area contributed by atoms with Gasteiger partial charge in [-0.25, -0.2) is 14.0 Å². The molecule has 106 valence electrons. The van der Waals surface area contributed by atoms with Crippen LogP contribution in [0.1, 0.15) is 13.8 Å². The highest BCUT2D eigenvalue weighted by molar-refractivity contribution is 6.10. The maximum Gasteiger partial charge on any atom is 0.331 e. The second-order valence-corrected chi connectivity index (χ2v) is 3.97. The fraction of sp³-hybridized carbons (Fsp3) is 0.154. The van der Waals surface area contributed by atoms with E-state index in [0.717, 1.165) is 12.1 Å². The maximum absolute atomic E-state index is 12.7. The zero-order valence-electron chi connectivity index (χ0n) is 10.9. The molecule has 0 aliphatic rings. The molecule has 7 heteroatoms. The van der Waals surface area contributed by atoms with Gasteiger partial charge in [0.1, 0.15) is 5.82 Å². The van der Waals surface area contributed by atoms with Crippen LogP contribution in [0.2, 0.25) is 0 Å². The lowest BCUT2D eigenvalue weighted by atomic mass is 10.1. The number of benzene rings is 1. The Balaban J connectivity index is 2.67. The van der Waals surface area contributed by atoms with E-state index >= 15 is 0 Å². The molecule has 1 aromatic rings. The zero-order valence-corrected chi connectivity index (χ0v) is 10.9. The predicted octanol–water partition coefficient (Wildman–Crippen LogP) is 1.89. The summed E-state index contributed by atoms with van der Waals surface area (Å²) in [6.07, 6.45) is 0. The number of anilines is 1. The molecule has 0 aliphatic carbocycles. The first kappa shape index (κ1) is 15.4. The quantitative estimate of drug-likeness (QED) is 0.737. The maximum atomic E-state index is 12.7. The van der Waals surface area contributed by atoms with Crippen molar-refractivity contribution >= 4 is 23.6 Å². The molecule has 0 bridgehead atoms. The normalized spacial score (nSPS) is 11.3. The lowest BCUT2D eigenvalue weighted by Gasteiger charge is -2.07. The number of hydrogen-bond acceptors (Lipinski definition) is 3. The highest BCUT2D eigenvalue weighted by Gasteiger charge is 2.15. The summed E-state index contributed by atoms with van der Waals surface area (Å²) in [6, 6.07) is 4.11. The van der Waals surface area contributed by atoms with Crippen LogP contribution in [0.4, 0.5) is 14.9 Å². The molecule has 1 rings (SSSR count). The van der Waals surface area contributed by atoms with E-state index in [4.69, 9.17) is 5.11 Å². The summed E-state index contributed by atoms with van der Waals surface area (Å²) >= 11 is 0. The first-order valence-electron chi connectivity index (χ1n) is 5.60. The van der Waals surface area contributed by atoms with E-state index in [2.05, 4.69) is 5.32 Å². The summed E-state index contributed by atoms with van der Waals surface area (Å²) in [5, 5.41) is 13.0. The minimum absolute atomic E-state index is 0.0771. The first-order valence-corrected chi connectivity index (χ1v) is 5.60. The Bertz CT molecular complexity index is 579. The molecular formula is C13H13FN2O4. The van der Waals surface area contributed by atoms with Crippen LogP contribution in [0.15, 0.2) is 35.4 Å². The summed E-state index contributed by atoms with van der Waals surface area (Å²) < 4.78 is 12.7. The van der Waals surface area contributed by atoms with Crippen LogP contribution in [0.25, 0.3) is 0 Å². The van der Waals surface area contributed by atoms with Crippen molar-refractivity contribution in [3.05, 3.63) is 41.2 Å². The number of carboxylic acids is 1. The van der Waals surface area contributed by atoms with Crippen LogP contribution >= 0.6 is 0 Å². The van der Waals surface area contributed by atoms with Crippen LogP contribution in [-0.4, -0.2) is 23.0 Å². The lowest BCUT2D eigenvalue weighted by Crippen LogP contribution is -2.35. The average Bonchev–Trinajstić information content (AvgIpc) is 2.39. The molecule has 0 saturated heterocycles. The Hall–Kier alpha value is -2.70. The number of halogens is 1. The molecule has 6 nitrogen and oxygen atoms in total. The Labute approximate surface area is 114 Å². The van der Waals surface area contributed by atoms with Crippen molar-refractivity contribution in [3.63, 3.8) is 0 Å². The fourth-order valence-electron chi connectivity index (χ4n) is 1.22. The molecule has 0 spiro atoms. The molecule has 0 aromatic heterocycles. The van der Waals surface area contributed by atoms with Gasteiger partial charge in [-0.2, -0.15) is 0 Å². The van der Waals surface area contributed by atoms with Crippen molar-refractivity contribution in [3.8, 4) is 0 Å². The van der Waals surface area contributed by atoms with Crippen LogP contribution in [0.5, 0.6) is 0 Å². The van der Waals surface area contributed by atoms with Crippen LogP contribution < -0.4 is 10.6 Å². The minimum Gasteiger partial charge on any atom is -0.478 e. The van der Waals surface area contributed by atoms with Gasteiger partial charge >= 0.3 is 12.0 Å². The predicted molar refractivity (Wildman–Crippen MR) is 69.6 cm³/mol. The number of urea groups is 1. The number of carbonyl (C=O) groups excluding carboxylic acids is 2. The summed E-state index contributed by atoms with van der Waals surface area (Å²) in [5.41, 5.74) is 0.0668. The highest BCUT2D eigenvalue weighted by Crippen LogP contribution is 2.08. The molecule has 3 N–H and O–H groups in total. The van der Waals surface area contributed by atoms with Crippen molar-refractivity contribution in [2.75, 3.05) is 5.32 Å². The number of carbonyl (C=O) groups is 3. The van der Waals surface area contributed by atoms with Gasteiger partial charge in [0.2, 0.25) is 0 Å². The Kier molecular flexibility index (Phi) is 4.96. The summed E-state index contributed by atoms with van der Waals surface area (Å²) in [5.74, 6) is -2.51. The van der Waals surface area contributed by atoms with Gasteiger partial charge in [0.25, 0.3) is 5.91 Å². The molecule has 0 heterocycles. The number of nitrogens with one attached hydrogen (secondary N) is 2. The highest BCUT2D eigenvalue weighted by atomic mass is 19.1. The molecule has 0 fully saturated rings. The van der Waals surface area contributed by atoms with E-state index in [1.807, 2.05) is 5.32 Å². The first-order chi connectivity index (χ1) is 9.31. The van der Waals surface area contributed by atoms with Crippen LogP contribution in [0.3, 0.4) is 0 Å². The smallest absolute Gasteiger partial charge is 0.331 e. The van der Waals surface area contributed by atoms with Gasteiger partial charge in [0.15, 0.2) is 0 Å². The SMILES string of the molecule is CC(C(=O)O)=C(C)C(=O)NC(=O)Nc1ccc(F)cc1. The summed E-state index contributed by atoms with van der Waals surface area (Å²) in [7, 11) is 0. The zero-order chi connectivity index (χ0) is 15.3. The second kappa shape index (κ2) is 6.46. The fourth-order valence-corrected chi connectivity index (χ4v) is 1.22. The Morgan fingerprint density at radius 3 is 2.10 bits per heavy atom. The molecule has 1 aromatic carbocycles. The molecule has 0 unspecified atom stereocenters. The molecule has 0 atom stereocenters. The van der Waals surface area contributed by atoms with E-state index < -0.39 is 23.7 Å². The topological polar surface area (TPSA) is 95.5 Å². The van der Waals surface area contributed by atoms with Gasteiger partial charge in [0, 0.05) is 16.8 Å². The number of carboxylic acid groups (broad SMARTS) is 1. The van der Waals surface area contributed by atoms with Gasteiger partial charge in [-0.3, -0.25) is 10.1 Å². The third kappa shape index (κ3) is 4.20. The Morgan fingerprint density at radius 2 is 1.60 bits per heavy atom. The molecule has 20 heavy (non-hydrogen) atoms. The largest absolute Gasteiger partial charge is 0.478 e. The van der Waals surface area contributed by atoms with Crippen molar-refractivity contribution in [1.82, 2.24) is 5.32 Å². The van der Waals surface area contributed by atoms with Gasteiger partial charge in [0.05, 0.1) is 0 Å². The van der Waals surface area contributed by atoms with E-state index in [-0.39, 0.29) is 11.1 Å². The van der Waals surface area contributed by atoms with Gasteiger partial charge in [-0.15, -0.1) is 0 Å². The average molecular weight is 280 g/mol. The van der Waals surface area contributed by atoms with Crippen molar-refractivity contribution in [2.24, 2.45) is 0 Å². The van der Waals surface area contributed by atoms with Crippen LogP contribution in [-0.2, 0) is 9.59 Å². The van der Waals surface area contributed by atoms with Crippen molar-refractivity contribution in [1.29, 1.82) is 0 Å². The van der Waals surface area contributed by atoms with Crippen molar-refractivity contribution < 1.29 is 23.9 Å². The van der Waals surface area contributed by atoms with E-state index in [0.29, 0.717) is 5.69 Å². The number of aliphatic carboxylic acids is 1. The second-order valence-electron chi connectivity index (χ2n) is 3.97.